The van der Waals surface area contributed by atoms with Crippen molar-refractivity contribution in [1.82, 2.24) is 10.2 Å². The van der Waals surface area contributed by atoms with E-state index in [0.717, 1.165) is 25.1 Å². The molecule has 0 aliphatic heterocycles. The Balaban J connectivity index is 2.58. The minimum absolute atomic E-state index is 0.145. The molecule has 1 aromatic rings. The molecule has 114 valence electrons. The lowest BCUT2D eigenvalue weighted by Gasteiger charge is -2.25. The molecule has 3 nitrogen and oxygen atoms in total. The van der Waals surface area contributed by atoms with Gasteiger partial charge in [0.25, 0.3) is 0 Å². The lowest BCUT2D eigenvalue weighted by Crippen LogP contribution is -2.25. The van der Waals surface area contributed by atoms with Crippen LogP contribution in [0.4, 0.5) is 13.2 Å². The Labute approximate surface area is 117 Å². The van der Waals surface area contributed by atoms with Gasteiger partial charge in [0, 0.05) is 6.04 Å². The molecule has 0 aliphatic rings. The van der Waals surface area contributed by atoms with Crippen LogP contribution >= 0.6 is 0 Å². The van der Waals surface area contributed by atoms with Gasteiger partial charge in [-0.25, -0.2) is 0 Å². The van der Waals surface area contributed by atoms with Crippen molar-refractivity contribution in [3.05, 3.63) is 29.8 Å². The smallest absolute Gasteiger partial charge is 0.406 e. The molecule has 0 spiro atoms. The van der Waals surface area contributed by atoms with Crippen LogP contribution in [0.2, 0.25) is 0 Å². The first-order chi connectivity index (χ1) is 9.33. The molecule has 0 fully saturated rings. The van der Waals surface area contributed by atoms with Gasteiger partial charge in [-0.15, -0.1) is 13.2 Å². The summed E-state index contributed by atoms with van der Waals surface area (Å²) < 4.78 is 40.1. The molecule has 1 N–H and O–H groups in total. The Kier molecular flexibility index (Phi) is 6.29. The average molecular weight is 290 g/mol. The largest absolute Gasteiger partial charge is 0.573 e. The molecular weight excluding hydrogens is 269 g/mol. The summed E-state index contributed by atoms with van der Waals surface area (Å²) in [5.74, 6) is -0.189. The van der Waals surface area contributed by atoms with Gasteiger partial charge < -0.3 is 10.1 Å². The van der Waals surface area contributed by atoms with Gasteiger partial charge >= 0.3 is 6.36 Å². The number of benzene rings is 1. The van der Waals surface area contributed by atoms with E-state index in [-0.39, 0.29) is 11.8 Å². The third-order valence-electron chi connectivity index (χ3n) is 3.19. The molecule has 0 aliphatic carbocycles. The van der Waals surface area contributed by atoms with Gasteiger partial charge in [0.05, 0.1) is 0 Å². The summed E-state index contributed by atoms with van der Waals surface area (Å²) in [5.41, 5.74) is 0.964. The Morgan fingerprint density at radius 2 is 1.85 bits per heavy atom. The molecule has 1 atom stereocenters. The van der Waals surface area contributed by atoms with Crippen LogP contribution in [0, 0.1) is 0 Å². The minimum atomic E-state index is -4.64. The normalized spacial score (nSPS) is 13.6. The van der Waals surface area contributed by atoms with Gasteiger partial charge in [-0.3, -0.25) is 4.90 Å². The Morgan fingerprint density at radius 3 is 2.35 bits per heavy atom. The van der Waals surface area contributed by atoms with Crippen molar-refractivity contribution in [2.75, 3.05) is 27.2 Å². The molecule has 0 radical (unpaired) electrons. The molecule has 1 rings (SSSR count). The molecule has 20 heavy (non-hydrogen) atoms. The summed E-state index contributed by atoms with van der Waals surface area (Å²) in [6, 6.07) is 6.18. The second-order valence-electron chi connectivity index (χ2n) is 4.73. The first kappa shape index (κ1) is 16.8. The monoisotopic (exact) mass is 290 g/mol. The predicted octanol–water partition coefficient (Wildman–Crippen LogP) is 3.19. The number of hydrogen-bond acceptors (Lipinski definition) is 3. The number of nitrogens with one attached hydrogen (secondary N) is 1. The summed E-state index contributed by atoms with van der Waals surface area (Å²) in [4.78, 5) is 2.16. The first-order valence-corrected chi connectivity index (χ1v) is 6.54. The highest BCUT2D eigenvalue weighted by Crippen LogP contribution is 2.25. The maximum Gasteiger partial charge on any atom is 0.573 e. The molecule has 0 bridgehead atoms. The second-order valence-corrected chi connectivity index (χ2v) is 4.73. The first-order valence-electron chi connectivity index (χ1n) is 6.54. The summed E-state index contributed by atoms with van der Waals surface area (Å²) in [6.07, 6.45) is -3.62. The van der Waals surface area contributed by atoms with Gasteiger partial charge in [0.2, 0.25) is 0 Å². The Hall–Kier alpha value is -1.27. The lowest BCUT2D eigenvalue weighted by molar-refractivity contribution is -0.274. The molecule has 0 saturated carbocycles. The predicted molar refractivity (Wildman–Crippen MR) is 72.7 cm³/mol. The van der Waals surface area contributed by atoms with E-state index in [1.807, 2.05) is 21.0 Å². The zero-order valence-corrected chi connectivity index (χ0v) is 12.0. The number of ether oxygens (including phenoxy) is 1. The van der Waals surface area contributed by atoms with Crippen LogP contribution in [-0.4, -0.2) is 38.4 Å². The van der Waals surface area contributed by atoms with Crippen LogP contribution < -0.4 is 10.1 Å². The van der Waals surface area contributed by atoms with E-state index >= 15 is 0 Å². The lowest BCUT2D eigenvalue weighted by atomic mass is 10.1. The summed E-state index contributed by atoms with van der Waals surface area (Å²) in [7, 11) is 3.91. The van der Waals surface area contributed by atoms with E-state index in [1.165, 1.54) is 12.1 Å². The number of nitrogens with zero attached hydrogens (tertiary/aromatic N) is 1. The van der Waals surface area contributed by atoms with Crippen molar-refractivity contribution in [3.63, 3.8) is 0 Å². The summed E-state index contributed by atoms with van der Waals surface area (Å²) in [6.45, 7) is 3.89. The zero-order valence-electron chi connectivity index (χ0n) is 12.0. The Bertz CT molecular complexity index is 392. The van der Waals surface area contributed by atoms with Crippen LogP contribution in [-0.2, 0) is 0 Å². The topological polar surface area (TPSA) is 24.5 Å². The van der Waals surface area contributed by atoms with Crippen molar-refractivity contribution < 1.29 is 17.9 Å². The van der Waals surface area contributed by atoms with Crippen molar-refractivity contribution in [1.29, 1.82) is 0 Å². The molecule has 0 amide bonds. The van der Waals surface area contributed by atoms with E-state index in [0.29, 0.717) is 0 Å². The molecule has 0 aromatic heterocycles. The Morgan fingerprint density at radius 1 is 1.25 bits per heavy atom. The van der Waals surface area contributed by atoms with Crippen LogP contribution in [0.3, 0.4) is 0 Å². The number of hydrogen-bond donors (Lipinski definition) is 1. The maximum atomic E-state index is 12.1. The van der Waals surface area contributed by atoms with Crippen molar-refractivity contribution in [2.24, 2.45) is 0 Å². The number of alkyl halides is 3. The van der Waals surface area contributed by atoms with Gasteiger partial charge in [-0.05, 0) is 58.2 Å². The third kappa shape index (κ3) is 5.79. The van der Waals surface area contributed by atoms with E-state index in [1.54, 1.807) is 12.1 Å². The fraction of sp³-hybridized carbons (Fsp3) is 0.571. The van der Waals surface area contributed by atoms with Gasteiger partial charge in [0.15, 0.2) is 0 Å². The SMILES string of the molecule is CNCCCN(C)C(C)c1ccc(OC(F)(F)F)cc1. The molecule has 6 heteroatoms. The summed E-state index contributed by atoms with van der Waals surface area (Å²) in [5, 5.41) is 3.08. The van der Waals surface area contributed by atoms with Crippen LogP contribution in [0.1, 0.15) is 24.9 Å². The highest BCUT2D eigenvalue weighted by atomic mass is 19.4. The van der Waals surface area contributed by atoms with Crippen LogP contribution in [0.15, 0.2) is 24.3 Å². The van der Waals surface area contributed by atoms with Gasteiger partial charge in [-0.1, -0.05) is 12.1 Å². The van der Waals surface area contributed by atoms with Crippen molar-refractivity contribution in [2.45, 2.75) is 25.7 Å². The molecule has 0 saturated heterocycles. The van der Waals surface area contributed by atoms with E-state index in [9.17, 15) is 13.2 Å². The van der Waals surface area contributed by atoms with Crippen molar-refractivity contribution in [3.8, 4) is 5.75 Å². The third-order valence-corrected chi connectivity index (χ3v) is 3.19. The summed E-state index contributed by atoms with van der Waals surface area (Å²) >= 11 is 0. The van der Waals surface area contributed by atoms with Crippen LogP contribution in [0.5, 0.6) is 5.75 Å². The van der Waals surface area contributed by atoms with E-state index < -0.39 is 6.36 Å². The van der Waals surface area contributed by atoms with Gasteiger partial charge in [-0.2, -0.15) is 0 Å². The average Bonchev–Trinajstić information content (AvgIpc) is 2.37. The number of rotatable bonds is 7. The maximum absolute atomic E-state index is 12.1. The van der Waals surface area contributed by atoms with Crippen molar-refractivity contribution >= 4 is 0 Å². The quantitative estimate of drug-likeness (QED) is 0.781. The molecule has 1 aromatic carbocycles. The minimum Gasteiger partial charge on any atom is -0.406 e. The van der Waals surface area contributed by atoms with Crippen LogP contribution in [0.25, 0.3) is 0 Å². The molecular formula is C14H21F3N2O. The van der Waals surface area contributed by atoms with E-state index in [4.69, 9.17) is 0 Å². The van der Waals surface area contributed by atoms with E-state index in [2.05, 4.69) is 15.0 Å². The molecule has 0 heterocycles. The highest BCUT2D eigenvalue weighted by Gasteiger charge is 2.31. The molecule has 1 unspecified atom stereocenters. The fourth-order valence-corrected chi connectivity index (χ4v) is 1.90. The second kappa shape index (κ2) is 7.50. The highest BCUT2D eigenvalue weighted by molar-refractivity contribution is 5.29. The number of halogens is 3. The standard InChI is InChI=1S/C14H21F3N2O/c1-11(19(3)10-4-9-18-2)12-5-7-13(8-6-12)20-14(15,16)17/h5-8,11,18H,4,9-10H2,1-3H3. The zero-order chi connectivity index (χ0) is 15.2. The fourth-order valence-electron chi connectivity index (χ4n) is 1.90. The van der Waals surface area contributed by atoms with Gasteiger partial charge in [0.1, 0.15) is 5.75 Å².